The molecule has 1 aromatic rings. The van der Waals surface area contributed by atoms with Crippen LogP contribution >= 0.6 is 12.2 Å². The molecule has 24 heavy (non-hydrogen) atoms. The molecule has 0 saturated heterocycles. The molecule has 1 aliphatic rings. The Bertz CT molecular complexity index is 598. The Morgan fingerprint density at radius 3 is 2.62 bits per heavy atom. The molecule has 0 aliphatic heterocycles. The van der Waals surface area contributed by atoms with Gasteiger partial charge in [0.2, 0.25) is 5.91 Å². The molecule has 0 aromatic heterocycles. The van der Waals surface area contributed by atoms with Gasteiger partial charge in [-0.05, 0) is 36.7 Å². The number of hydrogen-bond acceptors (Lipinski definition) is 4. The number of carbonyl (C=O) groups is 2. The van der Waals surface area contributed by atoms with Crippen LogP contribution in [-0.4, -0.2) is 24.1 Å². The summed E-state index contributed by atoms with van der Waals surface area (Å²) in [6, 6.07) is 6.87. The van der Waals surface area contributed by atoms with Crippen molar-refractivity contribution in [2.24, 2.45) is 5.92 Å². The minimum atomic E-state index is -0.454. The summed E-state index contributed by atoms with van der Waals surface area (Å²) in [7, 11) is 1.32. The highest BCUT2D eigenvalue weighted by Gasteiger charge is 2.16. The van der Waals surface area contributed by atoms with Crippen LogP contribution < -0.4 is 10.6 Å². The van der Waals surface area contributed by atoms with E-state index < -0.39 is 5.97 Å². The zero-order valence-corrected chi connectivity index (χ0v) is 14.8. The van der Waals surface area contributed by atoms with Gasteiger partial charge in [-0.25, -0.2) is 4.79 Å². The lowest BCUT2D eigenvalue weighted by atomic mass is 9.86. The summed E-state index contributed by atoms with van der Waals surface area (Å²) in [6.07, 6.45) is 7.70. The molecular weight excluding hydrogens is 324 g/mol. The molecule has 130 valence electrons. The number of carbonyl (C=O) groups excluding carboxylic acids is 2. The Morgan fingerprint density at radius 1 is 1.21 bits per heavy atom. The standard InChI is InChI=1S/C18H24N2O3S/c1-23-17(22)14-9-5-6-10-15(14)19-18(24)20-16(21)12-11-13-7-3-2-4-8-13/h5-6,9-10,13H,2-4,7-8,11-12H2,1H3,(H2,19,20,21,24). The topological polar surface area (TPSA) is 67.4 Å². The van der Waals surface area contributed by atoms with Crippen LogP contribution in [0.2, 0.25) is 0 Å². The molecule has 1 aliphatic carbocycles. The van der Waals surface area contributed by atoms with Gasteiger partial charge in [-0.3, -0.25) is 4.79 Å². The number of anilines is 1. The van der Waals surface area contributed by atoms with E-state index in [9.17, 15) is 9.59 Å². The second kappa shape index (κ2) is 9.37. The van der Waals surface area contributed by atoms with Gasteiger partial charge < -0.3 is 15.4 Å². The summed E-state index contributed by atoms with van der Waals surface area (Å²) < 4.78 is 4.74. The Kier molecular flexibility index (Phi) is 7.18. The van der Waals surface area contributed by atoms with Crippen molar-refractivity contribution in [3.8, 4) is 0 Å². The summed E-state index contributed by atoms with van der Waals surface area (Å²) >= 11 is 5.17. The van der Waals surface area contributed by atoms with Crippen molar-refractivity contribution in [1.29, 1.82) is 0 Å². The van der Waals surface area contributed by atoms with Gasteiger partial charge in [0.1, 0.15) is 0 Å². The molecule has 0 unspecified atom stereocenters. The number of para-hydroxylation sites is 1. The van der Waals surface area contributed by atoms with Gasteiger partial charge >= 0.3 is 5.97 Å². The van der Waals surface area contributed by atoms with Crippen molar-refractivity contribution in [3.63, 3.8) is 0 Å². The smallest absolute Gasteiger partial charge is 0.339 e. The summed E-state index contributed by atoms with van der Waals surface area (Å²) in [5.41, 5.74) is 0.890. The number of methoxy groups -OCH3 is 1. The lowest BCUT2D eigenvalue weighted by molar-refractivity contribution is -0.120. The maximum Gasteiger partial charge on any atom is 0.339 e. The van der Waals surface area contributed by atoms with E-state index >= 15 is 0 Å². The molecule has 2 N–H and O–H groups in total. The first-order valence-corrected chi connectivity index (χ1v) is 8.79. The Morgan fingerprint density at radius 2 is 1.92 bits per heavy atom. The van der Waals surface area contributed by atoms with Crippen LogP contribution in [0.3, 0.4) is 0 Å². The van der Waals surface area contributed by atoms with E-state index in [1.165, 1.54) is 39.2 Å². The molecule has 6 heteroatoms. The second-order valence-electron chi connectivity index (χ2n) is 6.08. The molecule has 1 fully saturated rings. The van der Waals surface area contributed by atoms with Gasteiger partial charge in [0, 0.05) is 6.42 Å². The third-order valence-electron chi connectivity index (χ3n) is 4.34. The SMILES string of the molecule is COC(=O)c1ccccc1NC(=S)NC(=O)CCC1CCCCC1. The van der Waals surface area contributed by atoms with Crippen molar-refractivity contribution in [1.82, 2.24) is 5.32 Å². The van der Waals surface area contributed by atoms with Crippen LogP contribution in [0.25, 0.3) is 0 Å². The molecular formula is C18H24N2O3S. The minimum Gasteiger partial charge on any atom is -0.465 e. The van der Waals surface area contributed by atoms with Gasteiger partial charge in [-0.1, -0.05) is 44.2 Å². The Labute approximate surface area is 148 Å². The zero-order valence-electron chi connectivity index (χ0n) is 14.0. The van der Waals surface area contributed by atoms with Crippen LogP contribution in [-0.2, 0) is 9.53 Å². The average Bonchev–Trinajstić information content (AvgIpc) is 2.60. The molecule has 1 aromatic carbocycles. The van der Waals surface area contributed by atoms with Gasteiger partial charge in [0.15, 0.2) is 5.11 Å². The lowest BCUT2D eigenvalue weighted by Crippen LogP contribution is -2.34. The molecule has 0 radical (unpaired) electrons. The number of ether oxygens (including phenoxy) is 1. The summed E-state index contributed by atoms with van der Waals surface area (Å²) in [6.45, 7) is 0. The third kappa shape index (κ3) is 5.60. The molecule has 2 rings (SSSR count). The maximum atomic E-state index is 12.0. The molecule has 0 heterocycles. The van der Waals surface area contributed by atoms with Crippen LogP contribution in [0.4, 0.5) is 5.69 Å². The number of thiocarbonyl (C=S) groups is 1. The molecule has 0 atom stereocenters. The Hall–Kier alpha value is -1.95. The van der Waals surface area contributed by atoms with E-state index in [0.717, 1.165) is 6.42 Å². The van der Waals surface area contributed by atoms with E-state index in [4.69, 9.17) is 17.0 Å². The number of esters is 1. The van der Waals surface area contributed by atoms with E-state index in [0.29, 0.717) is 23.6 Å². The molecule has 1 saturated carbocycles. The van der Waals surface area contributed by atoms with E-state index in [2.05, 4.69) is 10.6 Å². The minimum absolute atomic E-state index is 0.0892. The first-order valence-electron chi connectivity index (χ1n) is 8.38. The van der Waals surface area contributed by atoms with Crippen LogP contribution in [0.15, 0.2) is 24.3 Å². The molecule has 0 spiro atoms. The van der Waals surface area contributed by atoms with E-state index in [1.54, 1.807) is 24.3 Å². The Balaban J connectivity index is 1.82. The highest BCUT2D eigenvalue weighted by Crippen LogP contribution is 2.27. The van der Waals surface area contributed by atoms with E-state index in [-0.39, 0.29) is 11.0 Å². The van der Waals surface area contributed by atoms with Gasteiger partial charge in [-0.15, -0.1) is 0 Å². The summed E-state index contributed by atoms with van der Waals surface area (Å²) in [5, 5.41) is 5.77. The predicted molar refractivity (Wildman–Crippen MR) is 98.0 cm³/mol. The highest BCUT2D eigenvalue weighted by atomic mass is 32.1. The highest BCUT2D eigenvalue weighted by molar-refractivity contribution is 7.80. The van der Waals surface area contributed by atoms with Gasteiger partial charge in [0.05, 0.1) is 18.4 Å². The number of amides is 1. The second-order valence-corrected chi connectivity index (χ2v) is 6.49. The van der Waals surface area contributed by atoms with Crippen molar-refractivity contribution in [2.45, 2.75) is 44.9 Å². The van der Waals surface area contributed by atoms with Crippen molar-refractivity contribution in [3.05, 3.63) is 29.8 Å². The normalized spacial score (nSPS) is 14.7. The van der Waals surface area contributed by atoms with Crippen molar-refractivity contribution >= 4 is 34.9 Å². The predicted octanol–water partition coefficient (Wildman–Crippen LogP) is 3.65. The number of rotatable bonds is 5. The fourth-order valence-corrected chi connectivity index (χ4v) is 3.26. The lowest BCUT2D eigenvalue weighted by Gasteiger charge is -2.21. The van der Waals surface area contributed by atoms with Crippen LogP contribution in [0.1, 0.15) is 55.3 Å². The number of nitrogens with one attached hydrogen (secondary N) is 2. The summed E-state index contributed by atoms with van der Waals surface area (Å²) in [4.78, 5) is 23.8. The first kappa shape index (κ1) is 18.4. The quantitative estimate of drug-likeness (QED) is 0.628. The first-order chi connectivity index (χ1) is 11.6. The largest absolute Gasteiger partial charge is 0.465 e. The molecule has 1 amide bonds. The van der Waals surface area contributed by atoms with Gasteiger partial charge in [-0.2, -0.15) is 0 Å². The monoisotopic (exact) mass is 348 g/mol. The van der Waals surface area contributed by atoms with E-state index in [1.807, 2.05) is 0 Å². The molecule has 0 bridgehead atoms. The van der Waals surface area contributed by atoms with Crippen molar-refractivity contribution in [2.75, 3.05) is 12.4 Å². The fourth-order valence-electron chi connectivity index (χ4n) is 3.03. The van der Waals surface area contributed by atoms with Crippen LogP contribution in [0, 0.1) is 5.92 Å². The maximum absolute atomic E-state index is 12.0. The van der Waals surface area contributed by atoms with Crippen molar-refractivity contribution < 1.29 is 14.3 Å². The fraction of sp³-hybridized carbons (Fsp3) is 0.500. The number of hydrogen-bond donors (Lipinski definition) is 2. The average molecular weight is 348 g/mol. The summed E-state index contributed by atoms with van der Waals surface area (Å²) in [5.74, 6) is 0.115. The van der Waals surface area contributed by atoms with Crippen LogP contribution in [0.5, 0.6) is 0 Å². The molecule has 5 nitrogen and oxygen atoms in total. The van der Waals surface area contributed by atoms with Gasteiger partial charge in [0.25, 0.3) is 0 Å². The third-order valence-corrected chi connectivity index (χ3v) is 4.54. The number of benzene rings is 1. The zero-order chi connectivity index (χ0) is 17.4.